The molecule has 0 atom stereocenters. The zero-order valence-electron chi connectivity index (χ0n) is 8.45. The first-order valence-corrected chi connectivity index (χ1v) is 5.64. The van der Waals surface area contributed by atoms with Crippen LogP contribution in [0, 0.1) is 5.82 Å². The molecule has 0 saturated heterocycles. The van der Waals surface area contributed by atoms with E-state index in [1.807, 2.05) is 12.1 Å². The van der Waals surface area contributed by atoms with Crippen molar-refractivity contribution >= 4 is 21.6 Å². The van der Waals surface area contributed by atoms with E-state index in [0.29, 0.717) is 12.2 Å². The molecule has 1 heterocycles. The van der Waals surface area contributed by atoms with Crippen LogP contribution in [0.15, 0.2) is 47.2 Å². The minimum Gasteiger partial charge on any atom is -0.379 e. The number of halogens is 2. The molecule has 0 fully saturated rings. The van der Waals surface area contributed by atoms with Gasteiger partial charge in [0, 0.05) is 12.7 Å². The monoisotopic (exact) mass is 280 g/mol. The molecule has 2 aromatic rings. The average molecular weight is 281 g/mol. The minimum absolute atomic E-state index is 0.243. The van der Waals surface area contributed by atoms with E-state index in [9.17, 15) is 4.39 Å². The van der Waals surface area contributed by atoms with Crippen LogP contribution in [0.3, 0.4) is 0 Å². The summed E-state index contributed by atoms with van der Waals surface area (Å²) in [5, 5.41) is 3.02. The van der Waals surface area contributed by atoms with E-state index in [-0.39, 0.29) is 5.82 Å². The molecular weight excluding hydrogens is 271 g/mol. The van der Waals surface area contributed by atoms with Gasteiger partial charge in [0.2, 0.25) is 0 Å². The minimum atomic E-state index is -0.243. The van der Waals surface area contributed by atoms with Crippen LogP contribution in [0.4, 0.5) is 10.1 Å². The Balaban J connectivity index is 2.02. The summed E-state index contributed by atoms with van der Waals surface area (Å²) in [6.07, 6.45) is 1.75. The molecule has 0 radical (unpaired) electrons. The molecule has 1 aromatic carbocycles. The highest BCUT2D eigenvalue weighted by Crippen LogP contribution is 2.14. The third-order valence-corrected chi connectivity index (χ3v) is 2.61. The molecule has 0 spiro atoms. The van der Waals surface area contributed by atoms with Crippen LogP contribution in [-0.4, -0.2) is 4.98 Å². The van der Waals surface area contributed by atoms with Crippen molar-refractivity contribution in [2.45, 2.75) is 6.54 Å². The van der Waals surface area contributed by atoms with Crippen molar-refractivity contribution in [2.75, 3.05) is 5.32 Å². The highest BCUT2D eigenvalue weighted by molar-refractivity contribution is 9.10. The van der Waals surface area contributed by atoms with E-state index in [1.165, 1.54) is 6.07 Å². The summed E-state index contributed by atoms with van der Waals surface area (Å²) >= 11 is 3.26. The molecule has 0 saturated carbocycles. The lowest BCUT2D eigenvalue weighted by atomic mass is 10.2. The summed E-state index contributed by atoms with van der Waals surface area (Å²) in [5.41, 5.74) is 1.51. The first-order chi connectivity index (χ1) is 7.75. The first kappa shape index (κ1) is 11.1. The van der Waals surface area contributed by atoms with E-state index in [1.54, 1.807) is 24.4 Å². The third-order valence-electron chi connectivity index (χ3n) is 2.15. The SMILES string of the molecule is Fc1ccccc1NCc1ccc(Br)nc1. The van der Waals surface area contributed by atoms with Crippen molar-refractivity contribution in [3.63, 3.8) is 0 Å². The van der Waals surface area contributed by atoms with Gasteiger partial charge < -0.3 is 5.32 Å². The lowest BCUT2D eigenvalue weighted by molar-refractivity contribution is 0.630. The molecule has 0 bridgehead atoms. The maximum Gasteiger partial charge on any atom is 0.146 e. The van der Waals surface area contributed by atoms with Crippen molar-refractivity contribution in [3.8, 4) is 0 Å². The Kier molecular flexibility index (Phi) is 3.51. The zero-order valence-corrected chi connectivity index (χ0v) is 10.0. The van der Waals surface area contributed by atoms with Gasteiger partial charge in [0.1, 0.15) is 10.4 Å². The summed E-state index contributed by atoms with van der Waals surface area (Å²) in [6, 6.07) is 10.4. The van der Waals surface area contributed by atoms with Gasteiger partial charge in [-0.3, -0.25) is 0 Å². The summed E-state index contributed by atoms with van der Waals surface area (Å²) in [4.78, 5) is 4.10. The van der Waals surface area contributed by atoms with Gasteiger partial charge in [-0.15, -0.1) is 0 Å². The Bertz CT molecular complexity index is 471. The predicted octanol–water partition coefficient (Wildman–Crippen LogP) is 3.60. The largest absolute Gasteiger partial charge is 0.379 e. The molecule has 0 unspecified atom stereocenters. The molecule has 0 aliphatic carbocycles. The van der Waals surface area contributed by atoms with E-state index in [0.717, 1.165) is 10.2 Å². The number of para-hydroxylation sites is 1. The van der Waals surface area contributed by atoms with Crippen molar-refractivity contribution in [3.05, 3.63) is 58.6 Å². The van der Waals surface area contributed by atoms with Crippen molar-refractivity contribution in [1.29, 1.82) is 0 Å². The highest BCUT2D eigenvalue weighted by atomic mass is 79.9. The van der Waals surface area contributed by atoms with E-state index in [4.69, 9.17) is 0 Å². The van der Waals surface area contributed by atoms with Crippen molar-refractivity contribution < 1.29 is 4.39 Å². The third kappa shape index (κ3) is 2.79. The van der Waals surface area contributed by atoms with Gasteiger partial charge in [-0.2, -0.15) is 0 Å². The van der Waals surface area contributed by atoms with Crippen LogP contribution in [0.5, 0.6) is 0 Å². The van der Waals surface area contributed by atoms with Gasteiger partial charge in [0.05, 0.1) is 5.69 Å². The summed E-state index contributed by atoms with van der Waals surface area (Å²) in [6.45, 7) is 0.557. The molecule has 0 amide bonds. The number of nitrogens with zero attached hydrogens (tertiary/aromatic N) is 1. The molecule has 4 heteroatoms. The Hall–Kier alpha value is -1.42. The number of anilines is 1. The number of aromatic nitrogens is 1. The Morgan fingerprint density at radius 3 is 2.69 bits per heavy atom. The maximum atomic E-state index is 13.3. The number of hydrogen-bond acceptors (Lipinski definition) is 2. The van der Waals surface area contributed by atoms with E-state index >= 15 is 0 Å². The molecular formula is C12H10BrFN2. The molecule has 16 heavy (non-hydrogen) atoms. The Morgan fingerprint density at radius 1 is 1.19 bits per heavy atom. The molecule has 1 N–H and O–H groups in total. The number of pyridine rings is 1. The summed E-state index contributed by atoms with van der Waals surface area (Å²) < 4.78 is 14.1. The Morgan fingerprint density at radius 2 is 2.00 bits per heavy atom. The van der Waals surface area contributed by atoms with Crippen LogP contribution in [0.25, 0.3) is 0 Å². The number of hydrogen-bond donors (Lipinski definition) is 1. The van der Waals surface area contributed by atoms with Crippen LogP contribution >= 0.6 is 15.9 Å². The second-order valence-electron chi connectivity index (χ2n) is 3.32. The predicted molar refractivity (Wildman–Crippen MR) is 65.7 cm³/mol. The van der Waals surface area contributed by atoms with Gasteiger partial charge in [-0.05, 0) is 39.7 Å². The topological polar surface area (TPSA) is 24.9 Å². The smallest absolute Gasteiger partial charge is 0.146 e. The lowest BCUT2D eigenvalue weighted by Gasteiger charge is -2.06. The van der Waals surface area contributed by atoms with Crippen LogP contribution in [0.2, 0.25) is 0 Å². The fourth-order valence-corrected chi connectivity index (χ4v) is 1.55. The lowest BCUT2D eigenvalue weighted by Crippen LogP contribution is -2.01. The molecule has 1 aromatic heterocycles. The second-order valence-corrected chi connectivity index (χ2v) is 4.14. The quantitative estimate of drug-likeness (QED) is 0.869. The van der Waals surface area contributed by atoms with Crippen molar-refractivity contribution in [1.82, 2.24) is 4.98 Å². The van der Waals surface area contributed by atoms with Crippen LogP contribution in [-0.2, 0) is 6.54 Å². The van der Waals surface area contributed by atoms with Gasteiger partial charge in [0.15, 0.2) is 0 Å². The van der Waals surface area contributed by atoms with Crippen LogP contribution < -0.4 is 5.32 Å². The Labute approximate surface area is 102 Å². The highest BCUT2D eigenvalue weighted by Gasteiger charge is 1.99. The molecule has 0 aliphatic heterocycles. The molecule has 0 aliphatic rings. The normalized spacial score (nSPS) is 10.1. The van der Waals surface area contributed by atoms with E-state index < -0.39 is 0 Å². The number of benzene rings is 1. The van der Waals surface area contributed by atoms with E-state index in [2.05, 4.69) is 26.2 Å². The fourth-order valence-electron chi connectivity index (χ4n) is 1.31. The molecule has 2 rings (SSSR count). The summed E-state index contributed by atoms with van der Waals surface area (Å²) in [7, 11) is 0. The van der Waals surface area contributed by atoms with Crippen LogP contribution in [0.1, 0.15) is 5.56 Å². The summed E-state index contributed by atoms with van der Waals surface area (Å²) in [5.74, 6) is -0.243. The standard InChI is InChI=1S/C12H10BrFN2/c13-12-6-5-9(8-16-12)7-15-11-4-2-1-3-10(11)14/h1-6,8,15H,7H2. The van der Waals surface area contributed by atoms with Gasteiger partial charge >= 0.3 is 0 Å². The second kappa shape index (κ2) is 5.07. The fraction of sp³-hybridized carbons (Fsp3) is 0.0833. The maximum absolute atomic E-state index is 13.3. The van der Waals surface area contributed by atoms with Gasteiger partial charge in [-0.25, -0.2) is 9.37 Å². The number of rotatable bonds is 3. The number of nitrogens with one attached hydrogen (secondary N) is 1. The first-order valence-electron chi connectivity index (χ1n) is 4.84. The van der Waals surface area contributed by atoms with Crippen molar-refractivity contribution in [2.24, 2.45) is 0 Å². The molecule has 2 nitrogen and oxygen atoms in total. The van der Waals surface area contributed by atoms with Gasteiger partial charge in [0.25, 0.3) is 0 Å². The zero-order chi connectivity index (χ0) is 11.4. The van der Waals surface area contributed by atoms with Gasteiger partial charge in [-0.1, -0.05) is 18.2 Å². The molecule has 82 valence electrons. The average Bonchev–Trinajstić information content (AvgIpc) is 2.30.